The van der Waals surface area contributed by atoms with E-state index in [1.807, 2.05) is 0 Å². The molecule has 0 bridgehead atoms. The van der Waals surface area contributed by atoms with Crippen molar-refractivity contribution in [3.8, 4) is 0 Å². The normalized spacial score (nSPS) is 18.2. The Labute approximate surface area is 121 Å². The summed E-state index contributed by atoms with van der Waals surface area (Å²) in [6.07, 6.45) is 4.63. The Balaban J connectivity index is 2.23. The van der Waals surface area contributed by atoms with Crippen molar-refractivity contribution in [1.82, 2.24) is 10.2 Å². The summed E-state index contributed by atoms with van der Waals surface area (Å²) in [7, 11) is 0. The van der Waals surface area contributed by atoms with Crippen LogP contribution in [0, 0.1) is 17.8 Å². The van der Waals surface area contributed by atoms with Crippen LogP contribution in [0.3, 0.4) is 0 Å². The van der Waals surface area contributed by atoms with Crippen LogP contribution in [0.15, 0.2) is 0 Å². The van der Waals surface area contributed by atoms with Crippen molar-refractivity contribution >= 4 is 12.0 Å². The Morgan fingerprint density at radius 2 is 2.00 bits per heavy atom. The van der Waals surface area contributed by atoms with Gasteiger partial charge in [-0.15, -0.1) is 0 Å². The molecular formula is C15H28N2O3. The number of rotatable bonds is 8. The number of carboxylic acids is 1. The lowest BCUT2D eigenvalue weighted by atomic mass is 9.87. The van der Waals surface area contributed by atoms with E-state index in [2.05, 4.69) is 19.2 Å². The van der Waals surface area contributed by atoms with Crippen LogP contribution >= 0.6 is 0 Å². The number of carbonyl (C=O) groups excluding carboxylic acids is 1. The molecule has 1 heterocycles. The number of hydrogen-bond donors (Lipinski definition) is 2. The lowest BCUT2D eigenvalue weighted by Crippen LogP contribution is -2.56. The summed E-state index contributed by atoms with van der Waals surface area (Å²) in [5.74, 6) is -0.498. The maximum atomic E-state index is 11.9. The fourth-order valence-electron chi connectivity index (χ4n) is 2.48. The van der Waals surface area contributed by atoms with E-state index in [9.17, 15) is 9.59 Å². The van der Waals surface area contributed by atoms with Crippen molar-refractivity contribution in [1.29, 1.82) is 0 Å². The predicted molar refractivity (Wildman–Crippen MR) is 78.6 cm³/mol. The Morgan fingerprint density at radius 3 is 2.50 bits per heavy atom. The maximum Gasteiger partial charge on any atom is 0.317 e. The fourth-order valence-corrected chi connectivity index (χ4v) is 2.48. The van der Waals surface area contributed by atoms with Gasteiger partial charge < -0.3 is 15.3 Å². The van der Waals surface area contributed by atoms with E-state index in [4.69, 9.17) is 5.11 Å². The monoisotopic (exact) mass is 284 g/mol. The third kappa shape index (κ3) is 4.69. The van der Waals surface area contributed by atoms with Crippen molar-refractivity contribution in [3.05, 3.63) is 0 Å². The lowest BCUT2D eigenvalue weighted by molar-refractivity contribution is -0.144. The highest BCUT2D eigenvalue weighted by Gasteiger charge is 2.37. The van der Waals surface area contributed by atoms with Gasteiger partial charge in [0.2, 0.25) is 0 Å². The molecule has 0 aromatic heterocycles. The zero-order valence-electron chi connectivity index (χ0n) is 12.9. The molecule has 2 N–H and O–H groups in total. The molecule has 116 valence electrons. The van der Waals surface area contributed by atoms with Crippen LogP contribution in [0.2, 0.25) is 0 Å². The second-order valence-corrected chi connectivity index (χ2v) is 5.89. The minimum Gasteiger partial charge on any atom is -0.481 e. The minimum atomic E-state index is -0.777. The largest absolute Gasteiger partial charge is 0.481 e. The number of hydrogen-bond acceptors (Lipinski definition) is 2. The average Bonchev–Trinajstić information content (AvgIpc) is 2.37. The molecule has 5 nitrogen and oxygen atoms in total. The molecule has 2 atom stereocenters. The first kappa shape index (κ1) is 16.8. The second kappa shape index (κ2) is 8.12. The summed E-state index contributed by atoms with van der Waals surface area (Å²) in [6.45, 7) is 7.89. The molecule has 1 saturated heterocycles. The molecule has 20 heavy (non-hydrogen) atoms. The van der Waals surface area contributed by atoms with Crippen LogP contribution in [0.1, 0.15) is 46.5 Å². The molecule has 1 aliphatic heterocycles. The summed E-state index contributed by atoms with van der Waals surface area (Å²) >= 11 is 0. The van der Waals surface area contributed by atoms with E-state index in [1.165, 1.54) is 12.8 Å². The fraction of sp³-hybridized carbons (Fsp3) is 0.867. The number of nitrogens with one attached hydrogen (secondary N) is 1. The van der Waals surface area contributed by atoms with Gasteiger partial charge in [0, 0.05) is 25.6 Å². The summed E-state index contributed by atoms with van der Waals surface area (Å²) in [6, 6.07) is -0.0474. The van der Waals surface area contributed by atoms with Crippen LogP contribution in [0.4, 0.5) is 4.79 Å². The molecule has 0 aromatic rings. The summed E-state index contributed by atoms with van der Waals surface area (Å²) in [4.78, 5) is 24.5. The van der Waals surface area contributed by atoms with E-state index in [0.29, 0.717) is 19.0 Å². The molecule has 1 fully saturated rings. The molecule has 1 aliphatic rings. The van der Waals surface area contributed by atoms with Crippen molar-refractivity contribution in [3.63, 3.8) is 0 Å². The Bertz CT molecular complexity index is 327. The van der Waals surface area contributed by atoms with Gasteiger partial charge in [0.1, 0.15) is 0 Å². The summed E-state index contributed by atoms with van der Waals surface area (Å²) in [5, 5.41) is 11.9. The standard InChI is InChI=1S/C15H28N2O3/c1-4-6-7-12(5-2)8-16-15(20)17-9-13(10-17)11(3)14(18)19/h11-13H,4-10H2,1-3H3,(H,16,20)(H,18,19). The molecular weight excluding hydrogens is 256 g/mol. The van der Waals surface area contributed by atoms with Gasteiger partial charge in [0.05, 0.1) is 5.92 Å². The topological polar surface area (TPSA) is 69.6 Å². The molecule has 0 aliphatic carbocycles. The molecule has 0 saturated carbocycles. The average molecular weight is 284 g/mol. The number of nitrogens with zero attached hydrogens (tertiary/aromatic N) is 1. The molecule has 2 amide bonds. The van der Waals surface area contributed by atoms with Crippen molar-refractivity contribution in [2.45, 2.75) is 46.5 Å². The van der Waals surface area contributed by atoms with E-state index in [-0.39, 0.29) is 17.9 Å². The number of amides is 2. The number of carboxylic acid groups (broad SMARTS) is 1. The quantitative estimate of drug-likeness (QED) is 0.719. The third-order valence-electron chi connectivity index (χ3n) is 4.38. The number of unbranched alkanes of at least 4 members (excludes halogenated alkanes) is 1. The van der Waals surface area contributed by atoms with Crippen LogP contribution in [0.5, 0.6) is 0 Å². The zero-order chi connectivity index (χ0) is 15.1. The zero-order valence-corrected chi connectivity index (χ0v) is 12.9. The predicted octanol–water partition coefficient (Wildman–Crippen LogP) is 2.56. The molecule has 0 radical (unpaired) electrons. The van der Waals surface area contributed by atoms with Gasteiger partial charge in [-0.25, -0.2) is 4.79 Å². The SMILES string of the molecule is CCCCC(CC)CNC(=O)N1CC(C(C)C(=O)O)C1. The van der Waals surface area contributed by atoms with Gasteiger partial charge in [-0.1, -0.05) is 40.0 Å². The van der Waals surface area contributed by atoms with Gasteiger partial charge in [0.15, 0.2) is 0 Å². The van der Waals surface area contributed by atoms with E-state index < -0.39 is 5.97 Å². The van der Waals surface area contributed by atoms with Crippen molar-refractivity contribution < 1.29 is 14.7 Å². The van der Waals surface area contributed by atoms with E-state index in [1.54, 1.807) is 11.8 Å². The van der Waals surface area contributed by atoms with Crippen LogP contribution < -0.4 is 5.32 Å². The number of likely N-dealkylation sites (tertiary alicyclic amines) is 1. The van der Waals surface area contributed by atoms with Gasteiger partial charge in [0.25, 0.3) is 0 Å². The highest BCUT2D eigenvalue weighted by Crippen LogP contribution is 2.24. The Kier molecular flexibility index (Phi) is 6.82. The number of aliphatic carboxylic acids is 1. The van der Waals surface area contributed by atoms with Gasteiger partial charge in [-0.3, -0.25) is 4.79 Å². The number of urea groups is 1. The summed E-state index contributed by atoms with van der Waals surface area (Å²) < 4.78 is 0. The van der Waals surface area contributed by atoms with Crippen molar-refractivity contribution in [2.24, 2.45) is 17.8 Å². The number of carbonyl (C=O) groups is 2. The Hall–Kier alpha value is -1.26. The molecule has 0 aromatic carbocycles. The summed E-state index contributed by atoms with van der Waals surface area (Å²) in [5.41, 5.74) is 0. The van der Waals surface area contributed by atoms with Crippen LogP contribution in [-0.4, -0.2) is 41.6 Å². The Morgan fingerprint density at radius 1 is 1.35 bits per heavy atom. The smallest absolute Gasteiger partial charge is 0.317 e. The second-order valence-electron chi connectivity index (χ2n) is 5.89. The van der Waals surface area contributed by atoms with Crippen LogP contribution in [0.25, 0.3) is 0 Å². The highest BCUT2D eigenvalue weighted by molar-refractivity contribution is 5.76. The van der Waals surface area contributed by atoms with E-state index >= 15 is 0 Å². The van der Waals surface area contributed by atoms with Crippen LogP contribution in [-0.2, 0) is 4.79 Å². The molecule has 1 rings (SSSR count). The first-order valence-corrected chi connectivity index (χ1v) is 7.75. The van der Waals surface area contributed by atoms with Gasteiger partial charge in [-0.05, 0) is 12.3 Å². The minimum absolute atomic E-state index is 0.0474. The molecule has 5 heteroatoms. The molecule has 2 unspecified atom stereocenters. The first-order valence-electron chi connectivity index (χ1n) is 7.75. The highest BCUT2D eigenvalue weighted by atomic mass is 16.4. The van der Waals surface area contributed by atoms with Crippen molar-refractivity contribution in [2.75, 3.05) is 19.6 Å². The third-order valence-corrected chi connectivity index (χ3v) is 4.38. The van der Waals surface area contributed by atoms with Gasteiger partial charge >= 0.3 is 12.0 Å². The lowest BCUT2D eigenvalue weighted by Gasteiger charge is -2.41. The van der Waals surface area contributed by atoms with Gasteiger partial charge in [-0.2, -0.15) is 0 Å². The maximum absolute atomic E-state index is 11.9. The first-order chi connectivity index (χ1) is 9.49. The van der Waals surface area contributed by atoms with E-state index in [0.717, 1.165) is 19.4 Å². The molecule has 0 spiro atoms.